The highest BCUT2D eigenvalue weighted by atomic mass is 28.4. The molecule has 0 bridgehead atoms. The van der Waals surface area contributed by atoms with E-state index in [2.05, 4.69) is 79.3 Å². The van der Waals surface area contributed by atoms with Crippen molar-refractivity contribution in [2.75, 3.05) is 6.61 Å². The average Bonchev–Trinajstić information content (AvgIpc) is 3.54. The van der Waals surface area contributed by atoms with E-state index < -0.39 is 16.6 Å². The Morgan fingerprint density at radius 3 is 2.28 bits per heavy atom. The lowest BCUT2D eigenvalue weighted by Gasteiger charge is -2.64. The molecule has 43 heavy (non-hydrogen) atoms. The fourth-order valence-electron chi connectivity index (χ4n) is 10.2. The molecule has 0 aromatic carbocycles. The SMILES string of the molecule is C[C@H](COC(=O)n1ccnc1)[C@H]1CC[C@H]2[C@@H]3C(O[Si](C)(C)C)C[C@@H]4CC(O[Si](C)(C)C(C)(C)C)CC[C@]4(C)[C@H]3CC[C@]12C. The van der Waals surface area contributed by atoms with Gasteiger partial charge in [0.2, 0.25) is 0 Å². The summed E-state index contributed by atoms with van der Waals surface area (Å²) in [5.74, 6) is 3.64. The number of hydrogen-bond donors (Lipinski definition) is 0. The number of carbonyl (C=O) groups excluding carboxylic acids is 1. The molecule has 4 aliphatic rings. The zero-order valence-corrected chi connectivity index (χ0v) is 31.2. The van der Waals surface area contributed by atoms with Crippen LogP contribution in [0.3, 0.4) is 0 Å². The van der Waals surface area contributed by atoms with E-state index in [0.717, 1.165) is 5.92 Å². The summed E-state index contributed by atoms with van der Waals surface area (Å²) in [6.07, 6.45) is 15.3. The standard InChI is InChI=1S/C35H62N2O4Si2/c1-24(22-39-32(38)37-19-18-36-23-37)27-12-13-28-31-29(15-17-35(27,28)6)34(5)16-14-26(40-43(10,11)33(2,3)4)20-25(34)21-30(31)41-42(7,8)9/h18-19,23-31H,12-17,20-22H2,1-11H3/t24-,25+,26?,27-,28+,29+,30?,31+,34+,35-/m1/s1. The highest BCUT2D eigenvalue weighted by Crippen LogP contribution is 2.69. The first-order valence-electron chi connectivity index (χ1n) is 17.4. The lowest BCUT2D eigenvalue weighted by molar-refractivity contribution is -0.169. The van der Waals surface area contributed by atoms with Gasteiger partial charge in [-0.25, -0.2) is 14.3 Å². The monoisotopic (exact) mass is 630 g/mol. The third-order valence-corrected chi connectivity index (χ3v) is 18.9. The molecule has 4 saturated carbocycles. The van der Waals surface area contributed by atoms with Crippen molar-refractivity contribution in [3.63, 3.8) is 0 Å². The third-order valence-electron chi connectivity index (χ3n) is 13.3. The lowest BCUT2D eigenvalue weighted by atomic mass is 9.43. The van der Waals surface area contributed by atoms with Crippen molar-refractivity contribution >= 4 is 22.7 Å². The molecule has 1 aromatic rings. The van der Waals surface area contributed by atoms with Gasteiger partial charge in [-0.3, -0.25) is 0 Å². The number of ether oxygens (including phenoxy) is 1. The Morgan fingerprint density at radius 1 is 0.977 bits per heavy atom. The second kappa shape index (κ2) is 11.7. The van der Waals surface area contributed by atoms with E-state index in [0.29, 0.717) is 53.8 Å². The third kappa shape index (κ3) is 6.37. The summed E-state index contributed by atoms with van der Waals surface area (Å²) in [4.78, 5) is 16.5. The van der Waals surface area contributed by atoms with Crippen molar-refractivity contribution in [3.8, 4) is 0 Å². The molecule has 0 spiro atoms. The van der Waals surface area contributed by atoms with Gasteiger partial charge in [0.25, 0.3) is 0 Å². The fraction of sp³-hybridized carbons (Fsp3) is 0.886. The molecule has 4 aliphatic carbocycles. The van der Waals surface area contributed by atoms with Crippen molar-refractivity contribution in [1.29, 1.82) is 0 Å². The summed E-state index contributed by atoms with van der Waals surface area (Å²) in [6.45, 7) is 27.1. The van der Waals surface area contributed by atoms with Crippen LogP contribution in [0.4, 0.5) is 4.79 Å². The van der Waals surface area contributed by atoms with Gasteiger partial charge in [-0.05, 0) is 135 Å². The predicted octanol–water partition coefficient (Wildman–Crippen LogP) is 9.38. The first kappa shape index (κ1) is 33.4. The van der Waals surface area contributed by atoms with Gasteiger partial charge in [0, 0.05) is 24.6 Å². The molecule has 1 aromatic heterocycles. The second-order valence-electron chi connectivity index (χ2n) is 18.0. The number of nitrogens with zero attached hydrogens (tertiary/aromatic N) is 2. The minimum atomic E-state index is -1.80. The molecule has 0 N–H and O–H groups in total. The number of aromatic nitrogens is 2. The summed E-state index contributed by atoms with van der Waals surface area (Å²) in [5.41, 5.74) is 0.650. The maximum absolute atomic E-state index is 12.6. The summed E-state index contributed by atoms with van der Waals surface area (Å²) in [6, 6.07) is 0. The Balaban J connectivity index is 1.35. The van der Waals surface area contributed by atoms with Crippen molar-refractivity contribution in [1.82, 2.24) is 9.55 Å². The Hall–Kier alpha value is -0.966. The number of imidazole rings is 1. The fourth-order valence-corrected chi connectivity index (χ4v) is 12.7. The lowest BCUT2D eigenvalue weighted by Crippen LogP contribution is -2.60. The van der Waals surface area contributed by atoms with Crippen LogP contribution in [-0.4, -0.2) is 51.1 Å². The Bertz CT molecular complexity index is 1130. The summed E-state index contributed by atoms with van der Waals surface area (Å²) < 4.78 is 21.5. The molecule has 0 saturated heterocycles. The van der Waals surface area contributed by atoms with E-state index in [9.17, 15) is 4.79 Å². The highest BCUT2D eigenvalue weighted by molar-refractivity contribution is 6.74. The molecule has 8 heteroatoms. The van der Waals surface area contributed by atoms with Gasteiger partial charge in [-0.2, -0.15) is 0 Å². The van der Waals surface area contributed by atoms with Gasteiger partial charge in [-0.1, -0.05) is 41.5 Å². The van der Waals surface area contributed by atoms with Gasteiger partial charge in [-0.15, -0.1) is 0 Å². The van der Waals surface area contributed by atoms with Crippen LogP contribution in [0, 0.1) is 46.3 Å². The maximum Gasteiger partial charge on any atom is 0.419 e. The number of hydrogen-bond acceptors (Lipinski definition) is 5. The van der Waals surface area contributed by atoms with Crippen molar-refractivity contribution < 1.29 is 18.4 Å². The van der Waals surface area contributed by atoms with Gasteiger partial charge >= 0.3 is 6.09 Å². The molecular formula is C35H62N2O4Si2. The van der Waals surface area contributed by atoms with E-state index in [-0.39, 0.29) is 16.5 Å². The van der Waals surface area contributed by atoms with Gasteiger partial charge in [0.1, 0.15) is 6.33 Å². The number of rotatable bonds is 7. The van der Waals surface area contributed by atoms with Crippen LogP contribution in [0.2, 0.25) is 37.8 Å². The largest absolute Gasteiger partial charge is 0.449 e. The van der Waals surface area contributed by atoms with Crippen LogP contribution in [0.25, 0.3) is 0 Å². The van der Waals surface area contributed by atoms with E-state index in [1.54, 1.807) is 12.4 Å². The molecule has 5 rings (SSSR count). The predicted molar refractivity (Wildman–Crippen MR) is 179 cm³/mol. The molecule has 0 amide bonds. The maximum atomic E-state index is 12.6. The Morgan fingerprint density at radius 2 is 1.65 bits per heavy atom. The Labute approximate surface area is 264 Å². The van der Waals surface area contributed by atoms with Gasteiger partial charge < -0.3 is 13.6 Å². The van der Waals surface area contributed by atoms with Crippen molar-refractivity contribution in [3.05, 3.63) is 18.7 Å². The van der Waals surface area contributed by atoms with E-state index >= 15 is 0 Å². The quantitative estimate of drug-likeness (QED) is 0.281. The zero-order chi connectivity index (χ0) is 31.6. The average molecular weight is 631 g/mol. The first-order valence-corrected chi connectivity index (χ1v) is 23.7. The van der Waals surface area contributed by atoms with E-state index in [1.807, 2.05) is 0 Å². The molecule has 0 aliphatic heterocycles. The van der Waals surface area contributed by atoms with Gasteiger partial charge in [0.15, 0.2) is 16.6 Å². The van der Waals surface area contributed by atoms with Crippen LogP contribution in [0.5, 0.6) is 0 Å². The molecule has 2 unspecified atom stereocenters. The van der Waals surface area contributed by atoms with Crippen LogP contribution in [0.15, 0.2) is 18.7 Å². The molecule has 6 nitrogen and oxygen atoms in total. The highest BCUT2D eigenvalue weighted by Gasteiger charge is 2.64. The van der Waals surface area contributed by atoms with Crippen molar-refractivity contribution in [2.45, 2.75) is 143 Å². The minimum absolute atomic E-state index is 0.247. The summed E-state index contributed by atoms with van der Waals surface area (Å²) >= 11 is 0. The van der Waals surface area contributed by atoms with Crippen LogP contribution in [0.1, 0.15) is 92.9 Å². The first-order chi connectivity index (χ1) is 19.9. The zero-order valence-electron chi connectivity index (χ0n) is 29.2. The molecular weight excluding hydrogens is 569 g/mol. The molecule has 1 heterocycles. The molecule has 0 radical (unpaired) electrons. The minimum Gasteiger partial charge on any atom is -0.449 e. The molecule has 4 fully saturated rings. The smallest absolute Gasteiger partial charge is 0.419 e. The van der Waals surface area contributed by atoms with Crippen LogP contribution in [-0.2, 0) is 13.6 Å². The molecule has 244 valence electrons. The summed E-state index contributed by atoms with van der Waals surface area (Å²) in [5, 5.41) is 0.247. The second-order valence-corrected chi connectivity index (χ2v) is 27.2. The van der Waals surface area contributed by atoms with E-state index in [4.69, 9.17) is 13.6 Å². The van der Waals surface area contributed by atoms with Gasteiger partial charge in [0.05, 0.1) is 6.61 Å². The van der Waals surface area contributed by atoms with E-state index in [1.165, 1.54) is 62.3 Å². The van der Waals surface area contributed by atoms with Crippen molar-refractivity contribution in [2.24, 2.45) is 46.3 Å². The van der Waals surface area contributed by atoms with Crippen LogP contribution < -0.4 is 0 Å². The van der Waals surface area contributed by atoms with Crippen LogP contribution >= 0.6 is 0 Å². The number of carbonyl (C=O) groups is 1. The summed E-state index contributed by atoms with van der Waals surface area (Å²) in [7, 11) is -3.53. The normalized spacial score (nSPS) is 39.0. The topological polar surface area (TPSA) is 62.6 Å². The Kier molecular flexibility index (Phi) is 9.07. The number of fused-ring (bicyclic) bond motifs is 5. The molecule has 10 atom stereocenters.